The molecule has 0 aliphatic heterocycles. The molecule has 0 spiro atoms. The molecule has 104 valence electrons. The predicted molar refractivity (Wildman–Crippen MR) is 73.3 cm³/mol. The zero-order chi connectivity index (χ0) is 13.5. The van der Waals surface area contributed by atoms with Crippen LogP contribution in [0.4, 0.5) is 0 Å². The molecule has 0 radical (unpaired) electrons. The van der Waals surface area contributed by atoms with E-state index in [1.165, 1.54) is 6.42 Å². The van der Waals surface area contributed by atoms with Gasteiger partial charge in [-0.1, -0.05) is 24.1 Å². The Morgan fingerprint density at radius 1 is 1.05 bits per heavy atom. The van der Waals surface area contributed by atoms with E-state index in [-0.39, 0.29) is 11.0 Å². The molecule has 1 aromatic carbocycles. The summed E-state index contributed by atoms with van der Waals surface area (Å²) in [6, 6.07) is 6.88. The topological polar surface area (TPSA) is 43.4 Å². The SMILES string of the molecule is Cc1ccc(S(=O)(=O)O[C@H]2CC[C@H]3CC[C@@H]2C3)cc1. The fourth-order valence-electron chi connectivity index (χ4n) is 3.40. The molecule has 0 aromatic heterocycles. The minimum absolute atomic E-state index is 0.106. The lowest BCUT2D eigenvalue weighted by Gasteiger charge is -2.28. The smallest absolute Gasteiger partial charge is 0.263 e. The van der Waals surface area contributed by atoms with E-state index < -0.39 is 10.1 Å². The van der Waals surface area contributed by atoms with E-state index >= 15 is 0 Å². The molecule has 4 heteroatoms. The first kappa shape index (κ1) is 13.1. The first-order valence-corrected chi connectivity index (χ1v) is 8.45. The fourth-order valence-corrected chi connectivity index (χ4v) is 4.56. The highest BCUT2D eigenvalue weighted by molar-refractivity contribution is 7.86. The van der Waals surface area contributed by atoms with Gasteiger partial charge in [-0.25, -0.2) is 0 Å². The van der Waals surface area contributed by atoms with Crippen LogP contribution in [0.1, 0.15) is 37.7 Å². The maximum atomic E-state index is 12.3. The van der Waals surface area contributed by atoms with Gasteiger partial charge in [0.15, 0.2) is 0 Å². The van der Waals surface area contributed by atoms with Gasteiger partial charge < -0.3 is 0 Å². The van der Waals surface area contributed by atoms with Crippen LogP contribution in [0.3, 0.4) is 0 Å². The number of benzene rings is 1. The molecule has 2 saturated carbocycles. The first-order valence-electron chi connectivity index (χ1n) is 7.04. The third-order valence-electron chi connectivity index (χ3n) is 4.53. The van der Waals surface area contributed by atoms with Crippen molar-refractivity contribution in [1.82, 2.24) is 0 Å². The average molecular weight is 280 g/mol. The Balaban J connectivity index is 1.76. The van der Waals surface area contributed by atoms with Crippen molar-refractivity contribution in [2.75, 3.05) is 0 Å². The molecule has 2 fully saturated rings. The molecule has 0 unspecified atom stereocenters. The van der Waals surface area contributed by atoms with Gasteiger partial charge in [0.25, 0.3) is 10.1 Å². The Kier molecular flexibility index (Phi) is 3.39. The number of aryl methyl sites for hydroxylation is 1. The summed E-state index contributed by atoms with van der Waals surface area (Å²) in [5.41, 5.74) is 1.05. The summed E-state index contributed by atoms with van der Waals surface area (Å²) in [5.74, 6) is 1.26. The number of fused-ring (bicyclic) bond motifs is 2. The van der Waals surface area contributed by atoms with Crippen molar-refractivity contribution in [3.05, 3.63) is 29.8 Å². The van der Waals surface area contributed by atoms with Gasteiger partial charge >= 0.3 is 0 Å². The number of rotatable bonds is 3. The summed E-state index contributed by atoms with van der Waals surface area (Å²) < 4.78 is 30.0. The molecule has 1 aromatic rings. The molecule has 19 heavy (non-hydrogen) atoms. The van der Waals surface area contributed by atoms with Gasteiger partial charge in [0.2, 0.25) is 0 Å². The second-order valence-electron chi connectivity index (χ2n) is 5.92. The van der Waals surface area contributed by atoms with Gasteiger partial charge in [-0.2, -0.15) is 8.42 Å². The van der Waals surface area contributed by atoms with Gasteiger partial charge in [0.05, 0.1) is 11.0 Å². The molecule has 2 bridgehead atoms. The van der Waals surface area contributed by atoms with Gasteiger partial charge in [0.1, 0.15) is 0 Å². The molecule has 2 aliphatic rings. The second-order valence-corrected chi connectivity index (χ2v) is 7.49. The van der Waals surface area contributed by atoms with Gasteiger partial charge in [0, 0.05) is 0 Å². The van der Waals surface area contributed by atoms with Crippen molar-refractivity contribution < 1.29 is 12.6 Å². The maximum absolute atomic E-state index is 12.3. The van der Waals surface area contributed by atoms with Crippen LogP contribution in [0.2, 0.25) is 0 Å². The Morgan fingerprint density at radius 3 is 2.47 bits per heavy atom. The van der Waals surface area contributed by atoms with Crippen molar-refractivity contribution in [3.63, 3.8) is 0 Å². The highest BCUT2D eigenvalue weighted by Crippen LogP contribution is 2.44. The van der Waals surface area contributed by atoms with Crippen LogP contribution in [0.25, 0.3) is 0 Å². The molecule has 0 N–H and O–H groups in total. The molecule has 2 aliphatic carbocycles. The zero-order valence-corrected chi connectivity index (χ0v) is 12.0. The van der Waals surface area contributed by atoms with E-state index in [1.807, 2.05) is 19.1 Å². The summed E-state index contributed by atoms with van der Waals surface area (Å²) >= 11 is 0. The lowest BCUT2D eigenvalue weighted by atomic mass is 9.87. The average Bonchev–Trinajstić information content (AvgIpc) is 2.76. The molecule has 0 heterocycles. The Labute approximate surface area is 115 Å². The third kappa shape index (κ3) is 2.70. The summed E-state index contributed by atoms with van der Waals surface area (Å²) in [6.45, 7) is 1.94. The van der Waals surface area contributed by atoms with Gasteiger partial charge in [-0.15, -0.1) is 0 Å². The predicted octanol–water partition coefficient (Wildman–Crippen LogP) is 3.28. The highest BCUT2D eigenvalue weighted by atomic mass is 32.2. The quantitative estimate of drug-likeness (QED) is 0.798. The lowest BCUT2D eigenvalue weighted by Crippen LogP contribution is -2.28. The summed E-state index contributed by atoms with van der Waals surface area (Å²) in [4.78, 5) is 0.276. The second kappa shape index (κ2) is 4.91. The zero-order valence-electron chi connectivity index (χ0n) is 11.2. The van der Waals surface area contributed by atoms with Crippen LogP contribution < -0.4 is 0 Å². The van der Waals surface area contributed by atoms with Crippen molar-refractivity contribution in [2.45, 2.75) is 50.0 Å². The summed E-state index contributed by atoms with van der Waals surface area (Å²) in [6.07, 6.45) is 5.41. The molecular weight excluding hydrogens is 260 g/mol. The van der Waals surface area contributed by atoms with Crippen molar-refractivity contribution in [2.24, 2.45) is 11.8 Å². The molecule has 0 amide bonds. The Hall–Kier alpha value is -0.870. The molecular formula is C15H20O3S. The lowest BCUT2D eigenvalue weighted by molar-refractivity contribution is 0.106. The van der Waals surface area contributed by atoms with Crippen LogP contribution >= 0.6 is 0 Å². The molecule has 3 nitrogen and oxygen atoms in total. The van der Waals surface area contributed by atoms with E-state index in [1.54, 1.807) is 12.1 Å². The normalized spacial score (nSPS) is 30.5. The standard InChI is InChI=1S/C15H20O3S/c1-11-2-7-14(8-3-11)19(16,17)18-15-9-5-12-4-6-13(15)10-12/h2-3,7-8,12-13,15H,4-6,9-10H2,1H3/t12-,13-,15+/m1/s1. The van der Waals surface area contributed by atoms with Crippen LogP contribution in [0.15, 0.2) is 29.2 Å². The summed E-state index contributed by atoms with van der Waals surface area (Å²) in [5, 5.41) is 0. The van der Waals surface area contributed by atoms with Crippen molar-refractivity contribution >= 4 is 10.1 Å². The summed E-state index contributed by atoms with van der Waals surface area (Å²) in [7, 11) is -3.60. The van der Waals surface area contributed by atoms with E-state index in [2.05, 4.69) is 0 Å². The third-order valence-corrected chi connectivity index (χ3v) is 5.88. The van der Waals surface area contributed by atoms with Crippen LogP contribution in [0.5, 0.6) is 0 Å². The largest absolute Gasteiger partial charge is 0.297 e. The van der Waals surface area contributed by atoms with E-state index in [0.717, 1.165) is 37.2 Å². The van der Waals surface area contributed by atoms with Gasteiger partial charge in [-0.05, 0) is 56.6 Å². The van der Waals surface area contributed by atoms with Crippen molar-refractivity contribution in [1.29, 1.82) is 0 Å². The Bertz CT molecular complexity index is 547. The number of hydrogen-bond acceptors (Lipinski definition) is 3. The van der Waals surface area contributed by atoms with Gasteiger partial charge in [-0.3, -0.25) is 4.18 Å². The van der Waals surface area contributed by atoms with E-state index in [0.29, 0.717) is 5.92 Å². The fraction of sp³-hybridized carbons (Fsp3) is 0.600. The minimum atomic E-state index is -3.60. The monoisotopic (exact) mass is 280 g/mol. The van der Waals surface area contributed by atoms with E-state index in [4.69, 9.17) is 4.18 Å². The van der Waals surface area contributed by atoms with E-state index in [9.17, 15) is 8.42 Å². The number of hydrogen-bond donors (Lipinski definition) is 0. The highest BCUT2D eigenvalue weighted by Gasteiger charge is 2.38. The van der Waals surface area contributed by atoms with Crippen LogP contribution in [-0.4, -0.2) is 14.5 Å². The van der Waals surface area contributed by atoms with Crippen LogP contribution in [-0.2, 0) is 14.3 Å². The van der Waals surface area contributed by atoms with Crippen LogP contribution in [0, 0.1) is 18.8 Å². The maximum Gasteiger partial charge on any atom is 0.297 e. The Morgan fingerprint density at radius 2 is 1.74 bits per heavy atom. The first-order chi connectivity index (χ1) is 9.04. The molecule has 3 atom stereocenters. The van der Waals surface area contributed by atoms with Crippen molar-refractivity contribution in [3.8, 4) is 0 Å². The molecule has 0 saturated heterocycles. The minimum Gasteiger partial charge on any atom is -0.263 e. The molecule has 3 rings (SSSR count).